The van der Waals surface area contributed by atoms with Crippen molar-refractivity contribution >= 4 is 11.8 Å². The van der Waals surface area contributed by atoms with Gasteiger partial charge in [-0.05, 0) is 31.2 Å². The lowest BCUT2D eigenvalue weighted by Gasteiger charge is -2.36. The number of carbonyl (C=O) groups is 2. The van der Waals surface area contributed by atoms with Crippen molar-refractivity contribution in [1.29, 1.82) is 0 Å². The number of amides is 2. The minimum Gasteiger partial charge on any atom is -0.378 e. The summed E-state index contributed by atoms with van der Waals surface area (Å²) < 4.78 is 5.27. The molecule has 1 aromatic rings. The molecule has 5 nitrogen and oxygen atoms in total. The van der Waals surface area contributed by atoms with Gasteiger partial charge in [-0.15, -0.1) is 0 Å². The number of carbonyl (C=O) groups excluding carboxylic acids is 2. The van der Waals surface area contributed by atoms with Gasteiger partial charge < -0.3 is 14.5 Å². The van der Waals surface area contributed by atoms with Crippen LogP contribution in [0, 0.1) is 0 Å². The Hall–Kier alpha value is -1.88. The van der Waals surface area contributed by atoms with E-state index < -0.39 is 0 Å². The lowest BCUT2D eigenvalue weighted by molar-refractivity contribution is -0.141. The fraction of sp³-hybridized carbons (Fsp3) is 0.600. The molecule has 2 aliphatic heterocycles. The van der Waals surface area contributed by atoms with Gasteiger partial charge >= 0.3 is 0 Å². The van der Waals surface area contributed by atoms with Crippen molar-refractivity contribution in [3.8, 4) is 0 Å². The largest absolute Gasteiger partial charge is 0.378 e. The number of hydrogen-bond acceptors (Lipinski definition) is 3. The zero-order chi connectivity index (χ0) is 17.5. The number of hydrogen-bond donors (Lipinski definition) is 0. The maximum atomic E-state index is 12.7. The summed E-state index contributed by atoms with van der Waals surface area (Å²) in [4.78, 5) is 28.8. The van der Waals surface area contributed by atoms with Crippen LogP contribution in [0.15, 0.2) is 30.3 Å². The smallest absolute Gasteiger partial charge is 0.223 e. The van der Waals surface area contributed by atoms with Gasteiger partial charge in [0.05, 0.1) is 13.2 Å². The predicted octanol–water partition coefficient (Wildman–Crippen LogP) is 2.25. The summed E-state index contributed by atoms with van der Waals surface area (Å²) in [5.74, 6) is 0.204. The molecule has 0 saturated carbocycles. The van der Waals surface area contributed by atoms with Crippen LogP contribution >= 0.6 is 0 Å². The molecule has 2 saturated heterocycles. The molecule has 5 heteroatoms. The molecular weight excluding hydrogens is 316 g/mol. The van der Waals surface area contributed by atoms with Crippen LogP contribution in [-0.4, -0.2) is 60.5 Å². The standard InChI is InChI=1S/C20H28N2O3/c23-19(21-12-14-25-15-13-21)9-10-20(24)22-11-5-4-8-18(22)16-17-6-2-1-3-7-17/h1-3,6-7,18H,4-5,8-16H2/t18-/m1/s1. The molecule has 2 fully saturated rings. The summed E-state index contributed by atoms with van der Waals surface area (Å²) in [6.07, 6.45) is 4.83. The first kappa shape index (κ1) is 17.9. The van der Waals surface area contributed by atoms with E-state index in [0.29, 0.717) is 39.1 Å². The highest BCUT2D eigenvalue weighted by Gasteiger charge is 2.27. The van der Waals surface area contributed by atoms with E-state index >= 15 is 0 Å². The normalized spacial score (nSPS) is 21.2. The highest BCUT2D eigenvalue weighted by Crippen LogP contribution is 2.22. The monoisotopic (exact) mass is 344 g/mol. The predicted molar refractivity (Wildman–Crippen MR) is 96.1 cm³/mol. The van der Waals surface area contributed by atoms with E-state index in [1.54, 1.807) is 0 Å². The van der Waals surface area contributed by atoms with Gasteiger partial charge in [0.1, 0.15) is 0 Å². The van der Waals surface area contributed by atoms with E-state index in [4.69, 9.17) is 4.74 Å². The lowest BCUT2D eigenvalue weighted by Crippen LogP contribution is -2.45. The Morgan fingerprint density at radius 1 is 0.960 bits per heavy atom. The second-order valence-corrected chi connectivity index (χ2v) is 6.92. The van der Waals surface area contributed by atoms with Gasteiger partial charge in [-0.2, -0.15) is 0 Å². The Labute approximate surface area is 149 Å². The van der Waals surface area contributed by atoms with E-state index in [0.717, 1.165) is 25.8 Å². The van der Waals surface area contributed by atoms with Crippen molar-refractivity contribution in [2.45, 2.75) is 44.6 Å². The Morgan fingerprint density at radius 3 is 2.44 bits per heavy atom. The lowest BCUT2D eigenvalue weighted by atomic mass is 9.95. The fourth-order valence-electron chi connectivity index (χ4n) is 3.76. The molecule has 25 heavy (non-hydrogen) atoms. The Bertz CT molecular complexity index is 570. The van der Waals surface area contributed by atoms with E-state index in [1.165, 1.54) is 12.0 Å². The molecule has 136 valence electrons. The molecule has 2 amide bonds. The number of ether oxygens (including phenoxy) is 1. The van der Waals surface area contributed by atoms with Crippen molar-refractivity contribution in [3.05, 3.63) is 35.9 Å². The second kappa shape index (κ2) is 8.99. The third kappa shape index (κ3) is 5.05. The second-order valence-electron chi connectivity index (χ2n) is 6.92. The van der Waals surface area contributed by atoms with Crippen molar-refractivity contribution in [3.63, 3.8) is 0 Å². The highest BCUT2D eigenvalue weighted by molar-refractivity contribution is 5.84. The molecular formula is C20H28N2O3. The first-order valence-corrected chi connectivity index (χ1v) is 9.43. The summed E-state index contributed by atoms with van der Waals surface area (Å²) in [7, 11) is 0. The van der Waals surface area contributed by atoms with E-state index in [9.17, 15) is 9.59 Å². The maximum Gasteiger partial charge on any atom is 0.223 e. The van der Waals surface area contributed by atoms with E-state index in [1.807, 2.05) is 28.0 Å². The molecule has 0 aromatic heterocycles. The third-order valence-electron chi connectivity index (χ3n) is 5.18. The molecule has 0 spiro atoms. The van der Waals surface area contributed by atoms with Crippen LogP contribution in [0.4, 0.5) is 0 Å². The number of likely N-dealkylation sites (tertiary alicyclic amines) is 1. The van der Waals surface area contributed by atoms with Gasteiger partial charge in [-0.25, -0.2) is 0 Å². The number of benzene rings is 1. The summed E-state index contributed by atoms with van der Waals surface area (Å²) >= 11 is 0. The van der Waals surface area contributed by atoms with Gasteiger partial charge in [-0.1, -0.05) is 30.3 Å². The minimum absolute atomic E-state index is 0.0771. The van der Waals surface area contributed by atoms with Crippen LogP contribution < -0.4 is 0 Å². The van der Waals surface area contributed by atoms with Crippen molar-refractivity contribution in [2.75, 3.05) is 32.8 Å². The number of morpholine rings is 1. The topological polar surface area (TPSA) is 49.9 Å². The van der Waals surface area contributed by atoms with Gasteiger partial charge in [0, 0.05) is 38.5 Å². The van der Waals surface area contributed by atoms with Crippen LogP contribution in [-0.2, 0) is 20.7 Å². The molecule has 2 heterocycles. The quantitative estimate of drug-likeness (QED) is 0.823. The summed E-state index contributed by atoms with van der Waals surface area (Å²) in [6, 6.07) is 10.6. The van der Waals surface area contributed by atoms with E-state index in [-0.39, 0.29) is 17.9 Å². The molecule has 2 aliphatic rings. The molecule has 0 bridgehead atoms. The Balaban J connectivity index is 1.52. The fourth-order valence-corrected chi connectivity index (χ4v) is 3.76. The number of nitrogens with zero attached hydrogens (tertiary/aromatic N) is 2. The average Bonchev–Trinajstić information content (AvgIpc) is 2.68. The van der Waals surface area contributed by atoms with Crippen molar-refractivity contribution in [1.82, 2.24) is 9.80 Å². The summed E-state index contributed by atoms with van der Waals surface area (Å²) in [5.41, 5.74) is 1.27. The van der Waals surface area contributed by atoms with Crippen LogP contribution in [0.5, 0.6) is 0 Å². The zero-order valence-electron chi connectivity index (χ0n) is 14.9. The molecule has 0 aliphatic carbocycles. The average molecular weight is 344 g/mol. The van der Waals surface area contributed by atoms with Gasteiger partial charge in [0.15, 0.2) is 0 Å². The van der Waals surface area contributed by atoms with Crippen LogP contribution in [0.25, 0.3) is 0 Å². The van der Waals surface area contributed by atoms with E-state index in [2.05, 4.69) is 12.1 Å². The maximum absolute atomic E-state index is 12.7. The molecule has 1 aromatic carbocycles. The minimum atomic E-state index is 0.0771. The van der Waals surface area contributed by atoms with Crippen LogP contribution in [0.1, 0.15) is 37.7 Å². The van der Waals surface area contributed by atoms with Crippen molar-refractivity contribution in [2.24, 2.45) is 0 Å². The third-order valence-corrected chi connectivity index (χ3v) is 5.18. The Kier molecular flexibility index (Phi) is 6.45. The van der Waals surface area contributed by atoms with Crippen LogP contribution in [0.3, 0.4) is 0 Å². The number of rotatable bonds is 5. The Morgan fingerprint density at radius 2 is 1.68 bits per heavy atom. The van der Waals surface area contributed by atoms with Gasteiger partial charge in [0.2, 0.25) is 11.8 Å². The summed E-state index contributed by atoms with van der Waals surface area (Å²) in [5, 5.41) is 0. The van der Waals surface area contributed by atoms with Gasteiger partial charge in [-0.3, -0.25) is 9.59 Å². The van der Waals surface area contributed by atoms with Gasteiger partial charge in [0.25, 0.3) is 0 Å². The zero-order valence-corrected chi connectivity index (χ0v) is 14.9. The molecule has 1 atom stereocenters. The molecule has 0 N–H and O–H groups in total. The SMILES string of the molecule is O=C(CCC(=O)N1CCCC[C@@H]1Cc1ccccc1)N1CCOCC1. The highest BCUT2D eigenvalue weighted by atomic mass is 16.5. The first-order chi connectivity index (χ1) is 12.2. The summed E-state index contributed by atoms with van der Waals surface area (Å²) in [6.45, 7) is 3.32. The van der Waals surface area contributed by atoms with Crippen LogP contribution in [0.2, 0.25) is 0 Å². The van der Waals surface area contributed by atoms with Crippen molar-refractivity contribution < 1.29 is 14.3 Å². The number of piperidine rings is 1. The molecule has 0 unspecified atom stereocenters. The molecule has 0 radical (unpaired) electrons. The first-order valence-electron chi connectivity index (χ1n) is 9.43. The molecule has 3 rings (SSSR count).